The van der Waals surface area contributed by atoms with E-state index < -0.39 is 10.1 Å². The van der Waals surface area contributed by atoms with E-state index in [9.17, 15) is 13.2 Å². The molecule has 2 aromatic rings. The van der Waals surface area contributed by atoms with E-state index in [-0.39, 0.29) is 20.9 Å². The Kier molecular flexibility index (Phi) is 6.19. The molecule has 0 unspecified atom stereocenters. The van der Waals surface area contributed by atoms with Crippen molar-refractivity contribution in [3.8, 4) is 0 Å². The first-order valence-electron chi connectivity index (χ1n) is 7.30. The van der Waals surface area contributed by atoms with Crippen LogP contribution < -0.4 is 16.0 Å². The molecule has 0 fully saturated rings. The van der Waals surface area contributed by atoms with Crippen LogP contribution in [-0.4, -0.2) is 24.0 Å². The fourth-order valence-electron chi connectivity index (χ4n) is 2.12. The second-order valence-electron chi connectivity index (χ2n) is 5.36. The molecule has 0 atom stereocenters. The highest BCUT2D eigenvalue weighted by atomic mass is 35.5. The van der Waals surface area contributed by atoms with Crippen LogP contribution in [0, 0.1) is 6.92 Å². The van der Waals surface area contributed by atoms with Crippen LogP contribution in [0.4, 0.5) is 17.1 Å². The molecule has 0 saturated heterocycles. The fraction of sp³-hybridized carbons (Fsp3) is 0.125. The molecule has 26 heavy (non-hydrogen) atoms. The molecule has 0 aliphatic rings. The Morgan fingerprint density at radius 1 is 1.04 bits per heavy atom. The first-order valence-corrected chi connectivity index (χ1v) is 9.53. The highest BCUT2D eigenvalue weighted by Gasteiger charge is 2.18. The third-order valence-electron chi connectivity index (χ3n) is 3.34. The average Bonchev–Trinajstić information content (AvgIpc) is 2.52. The Balaban J connectivity index is 2.11. The molecular weight excluding hydrogens is 398 g/mol. The smallest absolute Gasteiger partial charge is 0.296 e. The van der Waals surface area contributed by atoms with Gasteiger partial charge in [0.05, 0.1) is 5.02 Å². The van der Waals surface area contributed by atoms with Gasteiger partial charge in [-0.25, -0.2) is 0 Å². The summed E-state index contributed by atoms with van der Waals surface area (Å²) in [5.74, 6) is -0.163. The number of hydrogen-bond donors (Lipinski definition) is 4. The lowest BCUT2D eigenvalue weighted by Gasteiger charge is -2.15. The second kappa shape index (κ2) is 8.00. The molecule has 0 spiro atoms. The average molecular weight is 414 g/mol. The first kappa shape index (κ1) is 20.1. The molecule has 7 nitrogen and oxygen atoms in total. The van der Waals surface area contributed by atoms with Gasteiger partial charge in [-0.3, -0.25) is 9.35 Å². The Morgan fingerprint density at radius 3 is 2.08 bits per heavy atom. The highest BCUT2D eigenvalue weighted by molar-refractivity contribution is 7.86. The van der Waals surface area contributed by atoms with Gasteiger partial charge in [-0.15, -0.1) is 0 Å². The summed E-state index contributed by atoms with van der Waals surface area (Å²) in [7, 11) is -4.40. The largest absolute Gasteiger partial charge is 0.332 e. The van der Waals surface area contributed by atoms with Gasteiger partial charge in [0.15, 0.2) is 5.11 Å². The molecule has 138 valence electrons. The first-order chi connectivity index (χ1) is 12.1. The summed E-state index contributed by atoms with van der Waals surface area (Å²) in [6, 6.07) is 9.56. The van der Waals surface area contributed by atoms with Crippen molar-refractivity contribution in [3.05, 3.63) is 47.0 Å². The lowest BCUT2D eigenvalue weighted by atomic mass is 10.2. The Hall–Kier alpha value is -2.20. The predicted molar refractivity (Wildman–Crippen MR) is 107 cm³/mol. The molecule has 0 heterocycles. The van der Waals surface area contributed by atoms with E-state index in [2.05, 4.69) is 16.0 Å². The molecular formula is C16H16ClN3O4S2. The number of carbonyl (C=O) groups is 1. The number of benzene rings is 2. The number of hydrogen-bond acceptors (Lipinski definition) is 4. The molecule has 2 rings (SSSR count). The van der Waals surface area contributed by atoms with E-state index in [0.29, 0.717) is 22.6 Å². The normalized spacial score (nSPS) is 10.9. The molecule has 4 N–H and O–H groups in total. The van der Waals surface area contributed by atoms with E-state index in [1.165, 1.54) is 19.1 Å². The molecule has 1 amide bonds. The Bertz CT molecular complexity index is 960. The van der Waals surface area contributed by atoms with Gasteiger partial charge in [-0.1, -0.05) is 11.6 Å². The summed E-state index contributed by atoms with van der Waals surface area (Å²) in [5, 5.41) is 8.71. The minimum atomic E-state index is -4.40. The van der Waals surface area contributed by atoms with E-state index in [1.807, 2.05) is 0 Å². The maximum absolute atomic E-state index is 11.3. The summed E-state index contributed by atoms with van der Waals surface area (Å²) in [4.78, 5) is 10.6. The summed E-state index contributed by atoms with van der Waals surface area (Å²) >= 11 is 11.2. The maximum atomic E-state index is 11.3. The van der Waals surface area contributed by atoms with Gasteiger partial charge < -0.3 is 16.0 Å². The van der Waals surface area contributed by atoms with Gasteiger partial charge >= 0.3 is 0 Å². The van der Waals surface area contributed by atoms with Crippen molar-refractivity contribution in [2.45, 2.75) is 18.7 Å². The number of amides is 1. The second-order valence-corrected chi connectivity index (χ2v) is 7.54. The summed E-state index contributed by atoms with van der Waals surface area (Å²) < 4.78 is 31.7. The number of nitrogens with one attached hydrogen (secondary N) is 3. The monoisotopic (exact) mass is 413 g/mol. The number of carbonyl (C=O) groups excluding carboxylic acids is 1. The van der Waals surface area contributed by atoms with Gasteiger partial charge in [0.2, 0.25) is 5.91 Å². The number of thiocarbonyl (C=S) groups is 1. The van der Waals surface area contributed by atoms with Crippen LogP contribution in [0.5, 0.6) is 0 Å². The molecule has 0 bridgehead atoms. The van der Waals surface area contributed by atoms with Crippen LogP contribution in [0.15, 0.2) is 41.3 Å². The van der Waals surface area contributed by atoms with Crippen LogP contribution in [0.25, 0.3) is 0 Å². The molecule has 0 saturated carbocycles. The Morgan fingerprint density at radius 2 is 1.58 bits per heavy atom. The minimum absolute atomic E-state index is 0.0834. The number of halogens is 1. The zero-order valence-electron chi connectivity index (χ0n) is 13.8. The predicted octanol–water partition coefficient (Wildman–Crippen LogP) is 3.66. The van der Waals surface area contributed by atoms with Crippen LogP contribution >= 0.6 is 23.8 Å². The molecule has 0 aliphatic carbocycles. The standard InChI is InChI=1S/C16H16ClN3O4S2/c1-9-13(7-8-14(15(9)17)26(22,23)24)20-16(25)19-12-5-3-11(4-6-12)18-10(2)21/h3-8H,1-2H3,(H,18,21)(H2,19,20,25)(H,22,23,24). The van der Waals surface area contributed by atoms with Crippen LogP contribution in [0.1, 0.15) is 12.5 Å². The third kappa shape index (κ3) is 5.15. The zero-order chi connectivity index (χ0) is 19.5. The van der Waals surface area contributed by atoms with Crippen molar-refractivity contribution in [3.63, 3.8) is 0 Å². The summed E-state index contributed by atoms with van der Waals surface area (Å²) in [5.41, 5.74) is 2.27. The van der Waals surface area contributed by atoms with Crippen LogP contribution in [0.3, 0.4) is 0 Å². The fourth-order valence-corrected chi connectivity index (χ4v) is 3.42. The lowest BCUT2D eigenvalue weighted by molar-refractivity contribution is -0.114. The van der Waals surface area contributed by atoms with E-state index in [0.717, 1.165) is 0 Å². The lowest BCUT2D eigenvalue weighted by Crippen LogP contribution is -2.20. The van der Waals surface area contributed by atoms with Crippen molar-refractivity contribution in [2.75, 3.05) is 16.0 Å². The van der Waals surface area contributed by atoms with Crippen molar-refractivity contribution in [1.29, 1.82) is 0 Å². The van der Waals surface area contributed by atoms with Crippen LogP contribution in [-0.2, 0) is 14.9 Å². The van der Waals surface area contributed by atoms with Crippen molar-refractivity contribution in [2.24, 2.45) is 0 Å². The van der Waals surface area contributed by atoms with E-state index >= 15 is 0 Å². The van der Waals surface area contributed by atoms with Crippen molar-refractivity contribution < 1.29 is 17.8 Å². The molecule has 0 aromatic heterocycles. The Labute approximate surface area is 161 Å². The van der Waals surface area contributed by atoms with Crippen molar-refractivity contribution >= 4 is 62.0 Å². The van der Waals surface area contributed by atoms with Gasteiger partial charge in [0, 0.05) is 24.0 Å². The van der Waals surface area contributed by atoms with Gasteiger partial charge in [0.25, 0.3) is 10.1 Å². The molecule has 10 heteroatoms. The van der Waals surface area contributed by atoms with Gasteiger partial charge in [-0.05, 0) is 61.1 Å². The van der Waals surface area contributed by atoms with Crippen LogP contribution in [0.2, 0.25) is 5.02 Å². The quantitative estimate of drug-likeness (QED) is 0.447. The zero-order valence-corrected chi connectivity index (χ0v) is 16.2. The topological polar surface area (TPSA) is 108 Å². The minimum Gasteiger partial charge on any atom is -0.332 e. The third-order valence-corrected chi connectivity index (χ3v) is 5.04. The molecule has 0 aliphatic heterocycles. The van der Waals surface area contributed by atoms with Crippen molar-refractivity contribution in [1.82, 2.24) is 0 Å². The van der Waals surface area contributed by atoms with E-state index in [4.69, 9.17) is 28.4 Å². The molecule has 2 aromatic carbocycles. The number of rotatable bonds is 4. The van der Waals surface area contributed by atoms with E-state index in [1.54, 1.807) is 31.2 Å². The highest BCUT2D eigenvalue weighted by Crippen LogP contribution is 2.30. The van der Waals surface area contributed by atoms with Gasteiger partial charge in [-0.2, -0.15) is 8.42 Å². The number of anilines is 3. The maximum Gasteiger partial charge on any atom is 0.296 e. The summed E-state index contributed by atoms with van der Waals surface area (Å²) in [6.45, 7) is 3.02. The summed E-state index contributed by atoms with van der Waals surface area (Å²) in [6.07, 6.45) is 0. The van der Waals surface area contributed by atoms with Gasteiger partial charge in [0.1, 0.15) is 4.90 Å². The molecule has 0 radical (unpaired) electrons. The SMILES string of the molecule is CC(=O)Nc1ccc(NC(=S)Nc2ccc(S(=O)(=O)O)c(Cl)c2C)cc1.